The van der Waals surface area contributed by atoms with Crippen LogP contribution in [0.1, 0.15) is 18.4 Å². The van der Waals surface area contributed by atoms with Gasteiger partial charge in [-0.1, -0.05) is 6.07 Å². The van der Waals surface area contributed by atoms with Gasteiger partial charge in [-0.15, -0.1) is 0 Å². The van der Waals surface area contributed by atoms with Crippen LogP contribution in [0.25, 0.3) is 0 Å². The molecule has 0 amide bonds. The van der Waals surface area contributed by atoms with E-state index < -0.39 is 0 Å². The van der Waals surface area contributed by atoms with Gasteiger partial charge in [-0.25, -0.2) is 4.39 Å². The van der Waals surface area contributed by atoms with Crippen molar-refractivity contribution in [3.8, 4) is 11.5 Å². The maximum Gasteiger partial charge on any atom is 0.197 e. The lowest BCUT2D eigenvalue weighted by Gasteiger charge is -2.22. The van der Waals surface area contributed by atoms with Gasteiger partial charge in [0.05, 0.1) is 0 Å². The van der Waals surface area contributed by atoms with Gasteiger partial charge in [-0.2, -0.15) is 0 Å². The van der Waals surface area contributed by atoms with Crippen LogP contribution in [0.2, 0.25) is 0 Å². The highest BCUT2D eigenvalue weighted by Gasteiger charge is 2.45. The van der Waals surface area contributed by atoms with Crippen LogP contribution in [0.4, 0.5) is 4.39 Å². The predicted molar refractivity (Wildman–Crippen MR) is 57.4 cm³/mol. The van der Waals surface area contributed by atoms with E-state index in [-0.39, 0.29) is 17.0 Å². The summed E-state index contributed by atoms with van der Waals surface area (Å²) in [5, 5.41) is 0. The maximum absolute atomic E-state index is 14.2. The van der Waals surface area contributed by atoms with Crippen LogP contribution in [-0.4, -0.2) is 19.8 Å². The van der Waals surface area contributed by atoms with Crippen molar-refractivity contribution in [1.29, 1.82) is 0 Å². The molecule has 0 radical (unpaired) electrons. The zero-order valence-corrected chi connectivity index (χ0v) is 8.96. The second-order valence-corrected chi connectivity index (χ2v) is 4.44. The standard InChI is InChI=1S/C12H14FNO2/c13-10-8(12(7-14)3-4-12)1-2-9-11(10)16-6-5-15-9/h1-2H,3-7,14H2. The van der Waals surface area contributed by atoms with Crippen LogP contribution in [0.3, 0.4) is 0 Å². The molecular formula is C12H14FNO2. The third-order valence-corrected chi connectivity index (χ3v) is 3.46. The Hall–Kier alpha value is -1.29. The third-order valence-electron chi connectivity index (χ3n) is 3.46. The van der Waals surface area contributed by atoms with Gasteiger partial charge in [0.2, 0.25) is 0 Å². The molecule has 86 valence electrons. The van der Waals surface area contributed by atoms with Gasteiger partial charge >= 0.3 is 0 Å². The summed E-state index contributed by atoms with van der Waals surface area (Å²) in [4.78, 5) is 0. The normalized spacial score (nSPS) is 20.6. The zero-order valence-electron chi connectivity index (χ0n) is 8.96. The van der Waals surface area contributed by atoms with Gasteiger partial charge in [0.1, 0.15) is 13.2 Å². The van der Waals surface area contributed by atoms with Crippen LogP contribution in [0.5, 0.6) is 11.5 Å². The Bertz CT molecular complexity index is 429. The van der Waals surface area contributed by atoms with Crippen LogP contribution in [-0.2, 0) is 5.41 Å². The molecule has 1 aromatic rings. The minimum atomic E-state index is -0.292. The molecule has 0 atom stereocenters. The van der Waals surface area contributed by atoms with Crippen molar-refractivity contribution < 1.29 is 13.9 Å². The van der Waals surface area contributed by atoms with Crippen molar-refractivity contribution in [3.63, 3.8) is 0 Å². The van der Waals surface area contributed by atoms with Crippen molar-refractivity contribution >= 4 is 0 Å². The van der Waals surface area contributed by atoms with Crippen LogP contribution < -0.4 is 15.2 Å². The summed E-state index contributed by atoms with van der Waals surface area (Å²) < 4.78 is 24.9. The van der Waals surface area contributed by atoms with Crippen molar-refractivity contribution in [3.05, 3.63) is 23.5 Å². The molecule has 3 rings (SSSR count). The van der Waals surface area contributed by atoms with Crippen LogP contribution >= 0.6 is 0 Å². The number of benzene rings is 1. The van der Waals surface area contributed by atoms with Crippen molar-refractivity contribution in [1.82, 2.24) is 0 Å². The number of hydrogen-bond donors (Lipinski definition) is 1. The Morgan fingerprint density at radius 2 is 2.00 bits per heavy atom. The lowest BCUT2D eigenvalue weighted by molar-refractivity contribution is 0.163. The highest BCUT2D eigenvalue weighted by Crippen LogP contribution is 2.50. The molecule has 1 fully saturated rings. The molecule has 1 heterocycles. The second kappa shape index (κ2) is 3.35. The Morgan fingerprint density at radius 3 is 2.69 bits per heavy atom. The van der Waals surface area contributed by atoms with E-state index in [0.717, 1.165) is 12.8 Å². The number of ether oxygens (including phenoxy) is 2. The van der Waals surface area contributed by atoms with Crippen LogP contribution in [0, 0.1) is 5.82 Å². The molecule has 0 bridgehead atoms. The largest absolute Gasteiger partial charge is 0.486 e. The minimum absolute atomic E-state index is 0.153. The first-order valence-corrected chi connectivity index (χ1v) is 5.55. The number of hydrogen-bond acceptors (Lipinski definition) is 3. The predicted octanol–water partition coefficient (Wildman–Crippen LogP) is 1.59. The van der Waals surface area contributed by atoms with E-state index in [1.807, 2.05) is 0 Å². The van der Waals surface area contributed by atoms with Crippen molar-refractivity contribution in [2.45, 2.75) is 18.3 Å². The SMILES string of the molecule is NCC1(c2ccc3c(c2F)OCCO3)CC1. The molecule has 16 heavy (non-hydrogen) atoms. The first kappa shape index (κ1) is 9.90. The maximum atomic E-state index is 14.2. The monoisotopic (exact) mass is 223 g/mol. The lowest BCUT2D eigenvalue weighted by atomic mass is 9.95. The quantitative estimate of drug-likeness (QED) is 0.828. The molecular weight excluding hydrogens is 209 g/mol. The Labute approximate surface area is 93.3 Å². The molecule has 1 aliphatic heterocycles. The fraction of sp³-hybridized carbons (Fsp3) is 0.500. The van der Waals surface area contributed by atoms with Gasteiger partial charge in [-0.05, 0) is 24.5 Å². The van der Waals surface area contributed by atoms with E-state index in [9.17, 15) is 4.39 Å². The van der Waals surface area contributed by atoms with Gasteiger partial charge in [0, 0.05) is 12.0 Å². The Kier molecular flexibility index (Phi) is 2.07. The number of nitrogens with two attached hydrogens (primary N) is 1. The molecule has 1 aliphatic carbocycles. The summed E-state index contributed by atoms with van der Waals surface area (Å²) in [6.07, 6.45) is 1.92. The third kappa shape index (κ3) is 1.29. The average Bonchev–Trinajstić information content (AvgIpc) is 3.11. The molecule has 4 heteroatoms. The molecule has 1 saturated carbocycles. The van der Waals surface area contributed by atoms with Gasteiger partial charge < -0.3 is 15.2 Å². The molecule has 0 spiro atoms. The number of rotatable bonds is 2. The Morgan fingerprint density at radius 1 is 1.25 bits per heavy atom. The van der Waals surface area contributed by atoms with E-state index >= 15 is 0 Å². The first-order chi connectivity index (χ1) is 7.77. The van der Waals surface area contributed by atoms with Gasteiger partial charge in [-0.3, -0.25) is 0 Å². The molecule has 0 aromatic heterocycles. The summed E-state index contributed by atoms with van der Waals surface area (Å²) in [5.74, 6) is 0.462. The minimum Gasteiger partial charge on any atom is -0.486 e. The fourth-order valence-electron chi connectivity index (χ4n) is 2.23. The lowest BCUT2D eigenvalue weighted by Crippen LogP contribution is -2.23. The molecule has 0 saturated heterocycles. The molecule has 2 aliphatic rings. The van der Waals surface area contributed by atoms with Crippen molar-refractivity contribution in [2.24, 2.45) is 5.73 Å². The highest BCUT2D eigenvalue weighted by molar-refractivity contribution is 5.49. The van der Waals surface area contributed by atoms with Gasteiger partial charge in [0.25, 0.3) is 0 Å². The summed E-state index contributed by atoms with van der Waals surface area (Å²) >= 11 is 0. The first-order valence-electron chi connectivity index (χ1n) is 5.55. The smallest absolute Gasteiger partial charge is 0.197 e. The molecule has 2 N–H and O–H groups in total. The summed E-state index contributed by atoms with van der Waals surface area (Å²) in [7, 11) is 0. The zero-order chi connectivity index (χ0) is 11.2. The van der Waals surface area contributed by atoms with Crippen LogP contribution in [0.15, 0.2) is 12.1 Å². The molecule has 3 nitrogen and oxygen atoms in total. The topological polar surface area (TPSA) is 44.5 Å². The van der Waals surface area contributed by atoms with E-state index in [0.29, 0.717) is 31.1 Å². The summed E-state index contributed by atoms with van der Waals surface area (Å²) in [5.41, 5.74) is 6.23. The number of fused-ring (bicyclic) bond motifs is 1. The fourth-order valence-corrected chi connectivity index (χ4v) is 2.23. The summed E-state index contributed by atoms with van der Waals surface area (Å²) in [6, 6.07) is 3.56. The molecule has 1 aromatic carbocycles. The summed E-state index contributed by atoms with van der Waals surface area (Å²) in [6.45, 7) is 1.38. The average molecular weight is 223 g/mol. The number of halogens is 1. The van der Waals surface area contributed by atoms with E-state index in [2.05, 4.69) is 0 Å². The Balaban J connectivity index is 2.07. The van der Waals surface area contributed by atoms with Crippen molar-refractivity contribution in [2.75, 3.05) is 19.8 Å². The van der Waals surface area contributed by atoms with E-state index in [4.69, 9.17) is 15.2 Å². The van der Waals surface area contributed by atoms with Gasteiger partial charge in [0.15, 0.2) is 17.3 Å². The van der Waals surface area contributed by atoms with E-state index in [1.165, 1.54) is 0 Å². The molecule has 0 unspecified atom stereocenters. The second-order valence-electron chi connectivity index (χ2n) is 4.44. The van der Waals surface area contributed by atoms with E-state index in [1.54, 1.807) is 12.1 Å². The highest BCUT2D eigenvalue weighted by atomic mass is 19.1.